The number of carbonyl (C=O) groups is 2. The Balaban J connectivity index is 2.28. The number of hydrogen-bond donors (Lipinski definition) is 2. The van der Waals surface area contributed by atoms with E-state index in [0.29, 0.717) is 23.9 Å². The van der Waals surface area contributed by atoms with Gasteiger partial charge in [-0.3, -0.25) is 4.79 Å². The Labute approximate surface area is 164 Å². The molecule has 0 unspecified atom stereocenters. The van der Waals surface area contributed by atoms with Crippen molar-refractivity contribution in [3.05, 3.63) is 53.6 Å². The Morgan fingerprint density at radius 1 is 1.04 bits per heavy atom. The van der Waals surface area contributed by atoms with Crippen molar-refractivity contribution in [2.75, 3.05) is 14.2 Å². The Morgan fingerprint density at radius 2 is 1.61 bits per heavy atom. The molecule has 2 aromatic carbocycles. The van der Waals surface area contributed by atoms with Gasteiger partial charge in [0.05, 0.1) is 14.2 Å². The number of carboxylic acids is 1. The summed E-state index contributed by atoms with van der Waals surface area (Å²) < 4.78 is 16.6. The molecule has 7 nitrogen and oxygen atoms in total. The topological polar surface area (TPSA) is 94.1 Å². The first-order valence-corrected chi connectivity index (χ1v) is 8.83. The van der Waals surface area contributed by atoms with Gasteiger partial charge in [-0.2, -0.15) is 0 Å². The lowest BCUT2D eigenvalue weighted by atomic mass is 10.0. The van der Waals surface area contributed by atoms with Crippen LogP contribution in [-0.2, 0) is 11.4 Å². The molecule has 0 aromatic heterocycles. The smallest absolute Gasteiger partial charge is 0.326 e. The van der Waals surface area contributed by atoms with Crippen LogP contribution in [0.3, 0.4) is 0 Å². The fourth-order valence-corrected chi connectivity index (χ4v) is 2.62. The summed E-state index contributed by atoms with van der Waals surface area (Å²) in [6.07, 6.45) is 0. The molecule has 2 N–H and O–H groups in total. The van der Waals surface area contributed by atoms with Crippen LogP contribution >= 0.6 is 0 Å². The summed E-state index contributed by atoms with van der Waals surface area (Å²) in [6, 6.07) is 11.6. The molecule has 1 atom stereocenters. The van der Waals surface area contributed by atoms with Gasteiger partial charge < -0.3 is 24.6 Å². The van der Waals surface area contributed by atoms with E-state index >= 15 is 0 Å². The molecule has 0 saturated heterocycles. The highest BCUT2D eigenvalue weighted by Gasteiger charge is 2.25. The van der Waals surface area contributed by atoms with Crippen molar-refractivity contribution in [2.45, 2.75) is 26.5 Å². The monoisotopic (exact) mass is 387 g/mol. The second kappa shape index (κ2) is 9.64. The minimum atomic E-state index is -1.09. The third-order valence-corrected chi connectivity index (χ3v) is 4.17. The quantitative estimate of drug-likeness (QED) is 0.687. The van der Waals surface area contributed by atoms with Gasteiger partial charge >= 0.3 is 5.97 Å². The number of benzene rings is 2. The number of methoxy groups -OCH3 is 2. The average Bonchev–Trinajstić information content (AvgIpc) is 2.69. The lowest BCUT2D eigenvalue weighted by Gasteiger charge is -2.19. The zero-order chi connectivity index (χ0) is 20.7. The molecular formula is C21H25NO6. The number of aliphatic carboxylic acids is 1. The largest absolute Gasteiger partial charge is 0.493 e. The second-order valence-electron chi connectivity index (χ2n) is 6.52. The summed E-state index contributed by atoms with van der Waals surface area (Å²) in [5, 5.41) is 11.8. The van der Waals surface area contributed by atoms with Crippen molar-refractivity contribution in [3.63, 3.8) is 0 Å². The van der Waals surface area contributed by atoms with E-state index in [9.17, 15) is 14.7 Å². The molecule has 0 spiro atoms. The molecule has 150 valence electrons. The summed E-state index contributed by atoms with van der Waals surface area (Å²) in [5.74, 6) is -0.895. The summed E-state index contributed by atoms with van der Waals surface area (Å²) in [7, 11) is 2.92. The second-order valence-corrected chi connectivity index (χ2v) is 6.52. The first-order chi connectivity index (χ1) is 13.4. The van der Waals surface area contributed by atoms with Crippen molar-refractivity contribution in [3.8, 4) is 17.2 Å². The van der Waals surface area contributed by atoms with Crippen LogP contribution in [0.25, 0.3) is 0 Å². The number of ether oxygens (including phenoxy) is 3. The van der Waals surface area contributed by atoms with Gasteiger partial charge in [0, 0.05) is 5.56 Å². The van der Waals surface area contributed by atoms with E-state index in [4.69, 9.17) is 14.2 Å². The van der Waals surface area contributed by atoms with Gasteiger partial charge in [-0.25, -0.2) is 4.79 Å². The highest BCUT2D eigenvalue weighted by molar-refractivity contribution is 5.97. The van der Waals surface area contributed by atoms with Crippen LogP contribution in [0, 0.1) is 5.92 Å². The van der Waals surface area contributed by atoms with Gasteiger partial charge in [-0.1, -0.05) is 44.2 Å². The van der Waals surface area contributed by atoms with Crippen molar-refractivity contribution in [1.82, 2.24) is 5.32 Å². The molecule has 0 heterocycles. The summed E-state index contributed by atoms with van der Waals surface area (Å²) >= 11 is 0. The molecular weight excluding hydrogens is 362 g/mol. The first-order valence-electron chi connectivity index (χ1n) is 8.83. The lowest BCUT2D eigenvalue weighted by Crippen LogP contribution is -2.44. The zero-order valence-electron chi connectivity index (χ0n) is 16.4. The molecule has 0 saturated carbocycles. The minimum absolute atomic E-state index is 0.215. The van der Waals surface area contributed by atoms with Gasteiger partial charge in [-0.05, 0) is 23.6 Å². The van der Waals surface area contributed by atoms with Crippen molar-refractivity contribution in [1.29, 1.82) is 0 Å². The Bertz CT molecular complexity index is 794. The molecule has 0 bridgehead atoms. The summed E-state index contributed by atoms with van der Waals surface area (Å²) in [6.45, 7) is 3.75. The fourth-order valence-electron chi connectivity index (χ4n) is 2.62. The van der Waals surface area contributed by atoms with E-state index in [2.05, 4.69) is 5.32 Å². The van der Waals surface area contributed by atoms with Crippen LogP contribution < -0.4 is 19.5 Å². The van der Waals surface area contributed by atoms with Crippen LogP contribution in [0.5, 0.6) is 17.2 Å². The van der Waals surface area contributed by atoms with E-state index in [1.807, 2.05) is 30.3 Å². The van der Waals surface area contributed by atoms with Crippen LogP contribution in [0.4, 0.5) is 0 Å². The predicted octanol–water partition coefficient (Wildman–Crippen LogP) is 3.12. The number of amides is 1. The Hall–Kier alpha value is -3.22. The number of nitrogens with one attached hydrogen (secondary N) is 1. The molecule has 28 heavy (non-hydrogen) atoms. The molecule has 0 aliphatic rings. The van der Waals surface area contributed by atoms with Gasteiger partial charge in [0.1, 0.15) is 12.6 Å². The highest BCUT2D eigenvalue weighted by Crippen LogP contribution is 2.39. The predicted molar refractivity (Wildman–Crippen MR) is 104 cm³/mol. The van der Waals surface area contributed by atoms with Crippen molar-refractivity contribution in [2.24, 2.45) is 5.92 Å². The lowest BCUT2D eigenvalue weighted by molar-refractivity contribution is -0.140. The SMILES string of the molecule is COc1cc(C(=O)N[C@H](C(=O)O)C(C)C)cc(OC)c1OCc1ccccc1. The standard InChI is InChI=1S/C21H25NO6/c1-13(2)18(21(24)25)22-20(23)15-10-16(26-3)19(17(11-15)27-4)28-12-14-8-6-5-7-9-14/h5-11,13,18H,12H2,1-4H3,(H,22,23)(H,24,25)/t18-/m0/s1. The van der Waals surface area contributed by atoms with Gasteiger partial charge in [-0.15, -0.1) is 0 Å². The number of carbonyl (C=O) groups excluding carboxylic acids is 1. The van der Waals surface area contributed by atoms with E-state index < -0.39 is 17.9 Å². The average molecular weight is 387 g/mol. The third kappa shape index (κ3) is 5.16. The zero-order valence-corrected chi connectivity index (χ0v) is 16.4. The maximum Gasteiger partial charge on any atom is 0.326 e. The Kier molecular flexibility index (Phi) is 7.26. The number of rotatable bonds is 9. The Morgan fingerprint density at radius 3 is 2.07 bits per heavy atom. The molecule has 7 heteroatoms. The minimum Gasteiger partial charge on any atom is -0.493 e. The van der Waals surface area contributed by atoms with Crippen LogP contribution in [0.1, 0.15) is 29.8 Å². The number of carboxylic acid groups (broad SMARTS) is 1. The normalized spacial score (nSPS) is 11.6. The number of hydrogen-bond acceptors (Lipinski definition) is 5. The van der Waals surface area contributed by atoms with E-state index in [0.717, 1.165) is 5.56 Å². The molecule has 0 aliphatic heterocycles. The van der Waals surface area contributed by atoms with Crippen LogP contribution in [0.2, 0.25) is 0 Å². The van der Waals surface area contributed by atoms with E-state index in [1.165, 1.54) is 26.4 Å². The van der Waals surface area contributed by atoms with E-state index in [-0.39, 0.29) is 11.5 Å². The molecule has 1 amide bonds. The first kappa shape index (κ1) is 21.1. The molecule has 2 rings (SSSR count). The molecule has 0 radical (unpaired) electrons. The van der Waals surface area contributed by atoms with Gasteiger partial charge in [0.15, 0.2) is 11.5 Å². The van der Waals surface area contributed by atoms with Crippen LogP contribution in [0.15, 0.2) is 42.5 Å². The maximum absolute atomic E-state index is 12.6. The highest BCUT2D eigenvalue weighted by atomic mass is 16.5. The van der Waals surface area contributed by atoms with Crippen molar-refractivity contribution < 1.29 is 28.9 Å². The fraction of sp³-hybridized carbons (Fsp3) is 0.333. The molecule has 2 aromatic rings. The van der Waals surface area contributed by atoms with Gasteiger partial charge in [0.25, 0.3) is 5.91 Å². The van der Waals surface area contributed by atoms with Crippen LogP contribution in [-0.4, -0.2) is 37.2 Å². The maximum atomic E-state index is 12.6. The van der Waals surface area contributed by atoms with Crippen molar-refractivity contribution >= 4 is 11.9 Å². The summed E-state index contributed by atoms with van der Waals surface area (Å²) in [5.41, 5.74) is 1.18. The third-order valence-electron chi connectivity index (χ3n) is 4.17. The summed E-state index contributed by atoms with van der Waals surface area (Å²) in [4.78, 5) is 23.9. The molecule has 0 fully saturated rings. The van der Waals surface area contributed by atoms with E-state index in [1.54, 1.807) is 13.8 Å². The molecule has 0 aliphatic carbocycles. The van der Waals surface area contributed by atoms with Gasteiger partial charge in [0.2, 0.25) is 5.75 Å².